The molecule has 1 aromatic rings. The van der Waals surface area contributed by atoms with E-state index in [9.17, 15) is 17.6 Å². The molecule has 0 aromatic heterocycles. The van der Waals surface area contributed by atoms with Crippen LogP contribution in [0.1, 0.15) is 20.8 Å². The molecular weight excluding hydrogens is 345 g/mol. The van der Waals surface area contributed by atoms with Gasteiger partial charge in [-0.3, -0.25) is 4.79 Å². The van der Waals surface area contributed by atoms with E-state index in [0.717, 1.165) is 16.4 Å². The lowest BCUT2D eigenvalue weighted by molar-refractivity contribution is -0.114. The maximum atomic E-state index is 14.2. The number of amides is 1. The average Bonchev–Trinajstić information content (AvgIpc) is 2.41. The third-order valence-electron chi connectivity index (χ3n) is 3.22. The molecule has 1 aromatic carbocycles. The van der Waals surface area contributed by atoms with Gasteiger partial charge in [0.05, 0.1) is 10.7 Å². The van der Waals surface area contributed by atoms with E-state index in [1.165, 1.54) is 14.0 Å². The zero-order chi connectivity index (χ0) is 18.0. The van der Waals surface area contributed by atoms with E-state index in [0.29, 0.717) is 0 Å². The van der Waals surface area contributed by atoms with Crippen LogP contribution in [-0.4, -0.2) is 38.8 Å². The Hall–Kier alpha value is -1.22. The highest BCUT2D eigenvalue weighted by Gasteiger charge is 2.30. The summed E-state index contributed by atoms with van der Waals surface area (Å²) >= 11 is 5.93. The van der Waals surface area contributed by atoms with Crippen LogP contribution in [0.4, 0.5) is 10.1 Å². The predicted octanol–water partition coefficient (Wildman–Crippen LogP) is 2.04. The average molecular weight is 366 g/mol. The van der Waals surface area contributed by atoms with Crippen LogP contribution in [-0.2, 0) is 14.8 Å². The second-order valence-corrected chi connectivity index (χ2v) is 8.49. The monoisotopic (exact) mass is 365 g/mol. The Balaban J connectivity index is 3.24. The van der Waals surface area contributed by atoms with E-state index in [2.05, 4.69) is 5.32 Å². The smallest absolute Gasteiger partial charge is 0.245 e. The summed E-state index contributed by atoms with van der Waals surface area (Å²) in [5.41, 5.74) is 5.15. The van der Waals surface area contributed by atoms with Crippen LogP contribution in [0.2, 0.25) is 5.02 Å². The topological polar surface area (TPSA) is 92.5 Å². The first-order valence-corrected chi connectivity index (χ1v) is 8.65. The normalized spacial score (nSPS) is 12.5. The Bertz CT molecular complexity index is 707. The van der Waals surface area contributed by atoms with Gasteiger partial charge in [-0.05, 0) is 18.0 Å². The molecule has 3 N–H and O–H groups in total. The highest BCUT2D eigenvalue weighted by atomic mass is 35.5. The predicted molar refractivity (Wildman–Crippen MR) is 88.4 cm³/mol. The first-order valence-electron chi connectivity index (χ1n) is 6.84. The molecule has 0 radical (unpaired) electrons. The summed E-state index contributed by atoms with van der Waals surface area (Å²) in [4.78, 5) is 10.5. The Kier molecular flexibility index (Phi) is 6.14. The summed E-state index contributed by atoms with van der Waals surface area (Å²) in [7, 11) is -2.73. The number of carbonyl (C=O) groups is 1. The van der Waals surface area contributed by atoms with Gasteiger partial charge in [0.15, 0.2) is 0 Å². The van der Waals surface area contributed by atoms with Crippen LogP contribution >= 0.6 is 11.6 Å². The van der Waals surface area contributed by atoms with Gasteiger partial charge in [-0.15, -0.1) is 0 Å². The van der Waals surface area contributed by atoms with Crippen molar-refractivity contribution in [2.24, 2.45) is 11.1 Å². The summed E-state index contributed by atoms with van der Waals surface area (Å²) in [6.07, 6.45) is 0. The van der Waals surface area contributed by atoms with Gasteiger partial charge >= 0.3 is 0 Å². The number of rotatable bonds is 6. The molecule has 0 bridgehead atoms. The second-order valence-electron chi connectivity index (χ2n) is 6.07. The lowest BCUT2D eigenvalue weighted by Gasteiger charge is -2.28. The van der Waals surface area contributed by atoms with E-state index in [4.69, 9.17) is 17.3 Å². The molecule has 0 spiro atoms. The van der Waals surface area contributed by atoms with E-state index >= 15 is 0 Å². The van der Waals surface area contributed by atoms with E-state index < -0.39 is 32.1 Å². The molecular formula is C14H21ClFN3O3S. The standard InChI is InChI=1S/C14H21ClFN3O3S/c1-9(20)18-12-6-11(16)13(5-10(12)15)23(21,22)19(4)8-14(2,3)7-17/h5-6H,7-8,17H2,1-4H3,(H,18,20). The van der Waals surface area contributed by atoms with Crippen LogP contribution in [0.3, 0.4) is 0 Å². The van der Waals surface area contributed by atoms with Crippen molar-refractivity contribution in [1.82, 2.24) is 4.31 Å². The van der Waals surface area contributed by atoms with Crippen molar-refractivity contribution in [3.8, 4) is 0 Å². The lowest BCUT2D eigenvalue weighted by atomic mass is 9.94. The quantitative estimate of drug-likeness (QED) is 0.806. The number of nitrogens with one attached hydrogen (secondary N) is 1. The van der Waals surface area contributed by atoms with Crippen LogP contribution in [0.15, 0.2) is 17.0 Å². The zero-order valence-corrected chi connectivity index (χ0v) is 15.1. The van der Waals surface area contributed by atoms with Gasteiger partial charge in [-0.2, -0.15) is 0 Å². The maximum Gasteiger partial charge on any atom is 0.245 e. The Morgan fingerprint density at radius 1 is 1.43 bits per heavy atom. The molecule has 6 nitrogen and oxygen atoms in total. The number of anilines is 1. The summed E-state index contributed by atoms with van der Waals surface area (Å²) in [5, 5.41) is 2.27. The molecule has 1 amide bonds. The van der Waals surface area contributed by atoms with Crippen molar-refractivity contribution in [3.63, 3.8) is 0 Å². The minimum atomic E-state index is -4.08. The molecule has 9 heteroatoms. The summed E-state index contributed by atoms with van der Waals surface area (Å²) < 4.78 is 40.3. The van der Waals surface area contributed by atoms with Gasteiger partial charge in [0, 0.05) is 26.6 Å². The Labute approximate surface area is 140 Å². The van der Waals surface area contributed by atoms with Crippen LogP contribution in [0.25, 0.3) is 0 Å². The SMILES string of the molecule is CC(=O)Nc1cc(F)c(S(=O)(=O)N(C)CC(C)(C)CN)cc1Cl. The van der Waals surface area contributed by atoms with Crippen molar-refractivity contribution in [2.45, 2.75) is 25.7 Å². The fraction of sp³-hybridized carbons (Fsp3) is 0.500. The number of hydrogen-bond donors (Lipinski definition) is 2. The fourth-order valence-electron chi connectivity index (χ4n) is 1.93. The Morgan fingerprint density at radius 2 is 2.00 bits per heavy atom. The Morgan fingerprint density at radius 3 is 2.48 bits per heavy atom. The minimum absolute atomic E-state index is 0.0144. The van der Waals surface area contributed by atoms with Crippen molar-refractivity contribution >= 4 is 33.2 Å². The number of sulfonamides is 1. The van der Waals surface area contributed by atoms with Gasteiger partial charge in [-0.1, -0.05) is 25.4 Å². The van der Waals surface area contributed by atoms with Crippen molar-refractivity contribution < 1.29 is 17.6 Å². The molecule has 0 aliphatic rings. The van der Waals surface area contributed by atoms with Crippen molar-refractivity contribution in [1.29, 1.82) is 0 Å². The number of halogens is 2. The molecule has 0 heterocycles. The largest absolute Gasteiger partial charge is 0.330 e. The molecule has 0 aliphatic carbocycles. The first kappa shape index (κ1) is 19.8. The summed E-state index contributed by atoms with van der Waals surface area (Å²) in [6, 6.07) is 1.88. The van der Waals surface area contributed by atoms with E-state index in [1.54, 1.807) is 0 Å². The second kappa shape index (κ2) is 7.12. The van der Waals surface area contributed by atoms with Crippen LogP contribution in [0, 0.1) is 11.2 Å². The molecule has 130 valence electrons. The molecule has 0 aliphatic heterocycles. The molecule has 0 fully saturated rings. The van der Waals surface area contributed by atoms with Gasteiger partial charge in [-0.25, -0.2) is 17.1 Å². The number of benzene rings is 1. The summed E-state index contributed by atoms with van der Waals surface area (Å²) in [5.74, 6) is -1.43. The molecule has 0 saturated carbocycles. The van der Waals surface area contributed by atoms with Gasteiger partial charge < -0.3 is 11.1 Å². The third kappa shape index (κ3) is 4.87. The molecule has 23 heavy (non-hydrogen) atoms. The number of hydrogen-bond acceptors (Lipinski definition) is 4. The summed E-state index contributed by atoms with van der Waals surface area (Å²) in [6.45, 7) is 5.25. The van der Waals surface area contributed by atoms with Crippen LogP contribution < -0.4 is 11.1 Å². The molecule has 0 atom stereocenters. The van der Waals surface area contributed by atoms with Gasteiger partial charge in [0.1, 0.15) is 10.7 Å². The molecule has 1 rings (SSSR count). The van der Waals surface area contributed by atoms with E-state index in [1.807, 2.05) is 13.8 Å². The number of nitrogens with zero attached hydrogens (tertiary/aromatic N) is 1. The highest BCUT2D eigenvalue weighted by Crippen LogP contribution is 2.30. The maximum absolute atomic E-state index is 14.2. The van der Waals surface area contributed by atoms with Gasteiger partial charge in [0.2, 0.25) is 15.9 Å². The highest BCUT2D eigenvalue weighted by molar-refractivity contribution is 7.89. The first-order chi connectivity index (χ1) is 10.4. The number of nitrogens with two attached hydrogens (primary N) is 1. The van der Waals surface area contributed by atoms with Crippen molar-refractivity contribution in [3.05, 3.63) is 23.0 Å². The zero-order valence-electron chi connectivity index (χ0n) is 13.5. The van der Waals surface area contributed by atoms with Gasteiger partial charge in [0.25, 0.3) is 0 Å². The molecule has 0 unspecified atom stereocenters. The van der Waals surface area contributed by atoms with Crippen LogP contribution in [0.5, 0.6) is 0 Å². The van der Waals surface area contributed by atoms with Crippen molar-refractivity contribution in [2.75, 3.05) is 25.5 Å². The third-order valence-corrected chi connectivity index (χ3v) is 5.35. The molecule has 0 saturated heterocycles. The minimum Gasteiger partial charge on any atom is -0.330 e. The fourth-order valence-corrected chi connectivity index (χ4v) is 3.63. The lowest BCUT2D eigenvalue weighted by Crippen LogP contribution is -2.40. The number of carbonyl (C=O) groups excluding carboxylic acids is 1. The van der Waals surface area contributed by atoms with E-state index in [-0.39, 0.29) is 23.8 Å².